The Balaban J connectivity index is 1.67. The monoisotopic (exact) mass is 290 g/mol. The molecule has 1 atom stereocenters. The van der Waals surface area contributed by atoms with E-state index in [1.807, 2.05) is 18.2 Å². The fourth-order valence-electron chi connectivity index (χ4n) is 3.11. The maximum Gasteiger partial charge on any atom is 0.101 e. The van der Waals surface area contributed by atoms with E-state index in [-0.39, 0.29) is 0 Å². The second-order valence-corrected chi connectivity index (χ2v) is 5.86. The second-order valence-electron chi connectivity index (χ2n) is 5.45. The third kappa shape index (κ3) is 2.76. The zero-order chi connectivity index (χ0) is 13.9. The highest BCUT2D eigenvalue weighted by Crippen LogP contribution is 2.27. The van der Waals surface area contributed by atoms with Gasteiger partial charge in [0, 0.05) is 51.0 Å². The first-order valence-electron chi connectivity index (χ1n) is 7.17. The lowest BCUT2D eigenvalue weighted by Crippen LogP contribution is -2.49. The van der Waals surface area contributed by atoms with Crippen LogP contribution in [0, 0.1) is 11.3 Å². The number of benzene rings is 1. The average Bonchev–Trinajstić information content (AvgIpc) is 2.98. The molecule has 0 bridgehead atoms. The summed E-state index contributed by atoms with van der Waals surface area (Å²) in [4.78, 5) is 4.96. The van der Waals surface area contributed by atoms with Crippen LogP contribution in [0.4, 0.5) is 5.69 Å². The Labute approximate surface area is 124 Å². The van der Waals surface area contributed by atoms with Gasteiger partial charge in [-0.25, -0.2) is 0 Å². The van der Waals surface area contributed by atoms with Crippen LogP contribution in [-0.4, -0.2) is 50.2 Å². The van der Waals surface area contributed by atoms with Crippen LogP contribution >= 0.6 is 11.6 Å². The first-order chi connectivity index (χ1) is 9.78. The van der Waals surface area contributed by atoms with Crippen molar-refractivity contribution in [3.05, 3.63) is 28.8 Å². The van der Waals surface area contributed by atoms with E-state index in [1.165, 1.54) is 6.42 Å². The van der Waals surface area contributed by atoms with E-state index >= 15 is 0 Å². The van der Waals surface area contributed by atoms with E-state index < -0.39 is 0 Å². The Morgan fingerprint density at radius 3 is 2.75 bits per heavy atom. The molecule has 106 valence electrons. The molecule has 1 aromatic rings. The number of anilines is 1. The summed E-state index contributed by atoms with van der Waals surface area (Å²) in [7, 11) is 0. The van der Waals surface area contributed by atoms with Crippen LogP contribution in [0.1, 0.15) is 12.0 Å². The molecule has 5 heteroatoms. The van der Waals surface area contributed by atoms with E-state index in [1.54, 1.807) is 0 Å². The molecular formula is C15H19ClN4. The number of halogens is 1. The molecule has 1 N–H and O–H groups in total. The normalized spacial score (nSPS) is 23.8. The first-order valence-corrected chi connectivity index (χ1v) is 7.55. The maximum absolute atomic E-state index is 8.93. The highest BCUT2D eigenvalue weighted by atomic mass is 35.5. The van der Waals surface area contributed by atoms with Gasteiger partial charge in [0.2, 0.25) is 0 Å². The molecular weight excluding hydrogens is 272 g/mol. The third-order valence-corrected chi connectivity index (χ3v) is 4.58. The molecule has 3 rings (SSSR count). The Kier molecular flexibility index (Phi) is 4.11. The lowest BCUT2D eigenvalue weighted by Gasteiger charge is -2.32. The van der Waals surface area contributed by atoms with Gasteiger partial charge in [-0.05, 0) is 24.6 Å². The van der Waals surface area contributed by atoms with Crippen LogP contribution in [0.15, 0.2) is 18.2 Å². The van der Waals surface area contributed by atoms with Gasteiger partial charge < -0.3 is 10.2 Å². The topological polar surface area (TPSA) is 42.3 Å². The van der Waals surface area contributed by atoms with Gasteiger partial charge in [0.05, 0.1) is 10.6 Å². The van der Waals surface area contributed by atoms with Crippen LogP contribution in [0.5, 0.6) is 0 Å². The molecule has 0 aromatic heterocycles. The Morgan fingerprint density at radius 1 is 1.25 bits per heavy atom. The fourth-order valence-corrected chi connectivity index (χ4v) is 3.33. The van der Waals surface area contributed by atoms with E-state index in [2.05, 4.69) is 21.2 Å². The number of piperazine rings is 1. The standard InChI is InChI=1S/C15H19ClN4/c16-15-9-13(2-1-12(15)10-17)20-6-3-14(11-20)19-7-4-18-5-8-19/h1-2,9,14,18H,3-8,11H2. The van der Waals surface area contributed by atoms with Crippen molar-refractivity contribution >= 4 is 17.3 Å². The van der Waals surface area contributed by atoms with E-state index in [9.17, 15) is 0 Å². The van der Waals surface area contributed by atoms with Crippen LogP contribution in [-0.2, 0) is 0 Å². The van der Waals surface area contributed by atoms with Crippen molar-refractivity contribution in [1.29, 1.82) is 5.26 Å². The molecule has 0 radical (unpaired) electrons. The van der Waals surface area contributed by atoms with Gasteiger partial charge in [-0.3, -0.25) is 4.90 Å². The summed E-state index contributed by atoms with van der Waals surface area (Å²) in [5.41, 5.74) is 1.68. The Morgan fingerprint density at radius 2 is 2.05 bits per heavy atom. The third-order valence-electron chi connectivity index (χ3n) is 4.27. The summed E-state index contributed by atoms with van der Waals surface area (Å²) >= 11 is 6.13. The fraction of sp³-hybridized carbons (Fsp3) is 0.533. The van der Waals surface area contributed by atoms with Gasteiger partial charge in [-0.2, -0.15) is 5.26 Å². The molecule has 0 aliphatic carbocycles. The molecule has 2 fully saturated rings. The van der Waals surface area contributed by atoms with Gasteiger partial charge in [-0.1, -0.05) is 11.6 Å². The van der Waals surface area contributed by atoms with Crippen molar-refractivity contribution in [1.82, 2.24) is 10.2 Å². The van der Waals surface area contributed by atoms with Crippen LogP contribution in [0.3, 0.4) is 0 Å². The summed E-state index contributed by atoms with van der Waals surface area (Å²) in [5, 5.41) is 12.9. The molecule has 2 aliphatic rings. The first kappa shape index (κ1) is 13.7. The highest BCUT2D eigenvalue weighted by molar-refractivity contribution is 6.32. The summed E-state index contributed by atoms with van der Waals surface area (Å²) in [6, 6.07) is 8.49. The quantitative estimate of drug-likeness (QED) is 0.900. The molecule has 0 spiro atoms. The van der Waals surface area contributed by atoms with Crippen molar-refractivity contribution in [2.75, 3.05) is 44.2 Å². The summed E-state index contributed by atoms with van der Waals surface area (Å²) < 4.78 is 0. The lowest BCUT2D eigenvalue weighted by atomic mass is 10.2. The van der Waals surface area contributed by atoms with Crippen molar-refractivity contribution < 1.29 is 0 Å². The summed E-state index contributed by atoms with van der Waals surface area (Å²) in [6.07, 6.45) is 1.21. The Hall–Kier alpha value is -1.28. The summed E-state index contributed by atoms with van der Waals surface area (Å²) in [5.74, 6) is 0. The van der Waals surface area contributed by atoms with Crippen LogP contribution in [0.25, 0.3) is 0 Å². The number of hydrogen-bond acceptors (Lipinski definition) is 4. The molecule has 20 heavy (non-hydrogen) atoms. The van der Waals surface area contributed by atoms with Crippen LogP contribution < -0.4 is 10.2 Å². The molecule has 1 unspecified atom stereocenters. The molecule has 2 heterocycles. The lowest BCUT2D eigenvalue weighted by molar-refractivity contribution is 0.185. The number of nitriles is 1. The predicted octanol–water partition coefficient (Wildman–Crippen LogP) is 1.70. The van der Waals surface area contributed by atoms with Gasteiger partial charge in [-0.15, -0.1) is 0 Å². The minimum Gasteiger partial charge on any atom is -0.370 e. The van der Waals surface area contributed by atoms with Crippen molar-refractivity contribution in [2.45, 2.75) is 12.5 Å². The highest BCUT2D eigenvalue weighted by Gasteiger charge is 2.28. The van der Waals surface area contributed by atoms with Crippen LogP contribution in [0.2, 0.25) is 5.02 Å². The smallest absolute Gasteiger partial charge is 0.101 e. The predicted molar refractivity (Wildman–Crippen MR) is 81.2 cm³/mol. The average molecular weight is 291 g/mol. The zero-order valence-corrected chi connectivity index (χ0v) is 12.2. The minimum absolute atomic E-state index is 0.549. The van der Waals surface area contributed by atoms with Gasteiger partial charge in [0.25, 0.3) is 0 Å². The molecule has 4 nitrogen and oxygen atoms in total. The number of nitrogens with one attached hydrogen (secondary N) is 1. The molecule has 0 saturated carbocycles. The van der Waals surface area contributed by atoms with Gasteiger partial charge >= 0.3 is 0 Å². The van der Waals surface area contributed by atoms with E-state index in [4.69, 9.17) is 16.9 Å². The number of hydrogen-bond donors (Lipinski definition) is 1. The summed E-state index contributed by atoms with van der Waals surface area (Å²) in [6.45, 7) is 6.61. The van der Waals surface area contributed by atoms with Gasteiger partial charge in [0.15, 0.2) is 0 Å². The van der Waals surface area contributed by atoms with E-state index in [0.717, 1.165) is 45.0 Å². The SMILES string of the molecule is N#Cc1ccc(N2CCC(N3CCNCC3)C2)cc1Cl. The molecule has 0 amide bonds. The minimum atomic E-state index is 0.549. The largest absolute Gasteiger partial charge is 0.370 e. The molecule has 1 aromatic carbocycles. The molecule has 2 aliphatic heterocycles. The second kappa shape index (κ2) is 6.01. The Bertz CT molecular complexity index is 519. The number of rotatable bonds is 2. The van der Waals surface area contributed by atoms with E-state index in [0.29, 0.717) is 16.6 Å². The zero-order valence-electron chi connectivity index (χ0n) is 11.5. The van der Waals surface area contributed by atoms with Crippen molar-refractivity contribution in [3.63, 3.8) is 0 Å². The van der Waals surface area contributed by atoms with Crippen molar-refractivity contribution in [2.24, 2.45) is 0 Å². The maximum atomic E-state index is 8.93. The van der Waals surface area contributed by atoms with Gasteiger partial charge in [0.1, 0.15) is 6.07 Å². The molecule has 2 saturated heterocycles. The number of nitrogens with zero attached hydrogens (tertiary/aromatic N) is 3. The van der Waals surface area contributed by atoms with Crippen molar-refractivity contribution in [3.8, 4) is 6.07 Å².